The summed E-state index contributed by atoms with van der Waals surface area (Å²) in [6.45, 7) is 0.0756. The maximum atomic E-state index is 10.9. The fourth-order valence-corrected chi connectivity index (χ4v) is 2.58. The van der Waals surface area contributed by atoms with Crippen LogP contribution in [0.15, 0.2) is 0 Å². The van der Waals surface area contributed by atoms with Crippen LogP contribution in [0.3, 0.4) is 0 Å². The number of aliphatic hydroxyl groups excluding tert-OH is 1. The molecule has 1 aliphatic rings. The molecule has 1 atom stereocenters. The van der Waals surface area contributed by atoms with Gasteiger partial charge in [-0.25, -0.2) is 0 Å². The van der Waals surface area contributed by atoms with Crippen LogP contribution in [0.2, 0.25) is 0 Å². The zero-order valence-corrected chi connectivity index (χ0v) is 12.1. The molecule has 0 spiro atoms. The van der Waals surface area contributed by atoms with Crippen LogP contribution in [-0.2, 0) is 14.3 Å². The summed E-state index contributed by atoms with van der Waals surface area (Å²) < 4.78 is 5.10. The topological polar surface area (TPSA) is 87.7 Å². The summed E-state index contributed by atoms with van der Waals surface area (Å²) in [4.78, 5) is 21.3. The molecular weight excluding hydrogens is 260 g/mol. The van der Waals surface area contributed by atoms with Gasteiger partial charge in [0.05, 0.1) is 6.61 Å². The van der Waals surface area contributed by atoms with Gasteiger partial charge in [-0.05, 0) is 38.0 Å². The van der Waals surface area contributed by atoms with Crippen LogP contribution in [0.5, 0.6) is 0 Å². The minimum atomic E-state index is -0.740. The van der Waals surface area contributed by atoms with Crippen molar-refractivity contribution in [3.8, 4) is 0 Å². The van der Waals surface area contributed by atoms with Crippen molar-refractivity contribution in [3.63, 3.8) is 0 Å². The highest BCUT2D eigenvalue weighted by molar-refractivity contribution is 5.76. The highest BCUT2D eigenvalue weighted by atomic mass is 16.5. The van der Waals surface area contributed by atoms with Crippen LogP contribution in [0, 0.1) is 5.92 Å². The van der Waals surface area contributed by atoms with E-state index in [0.717, 1.165) is 38.4 Å². The van der Waals surface area contributed by atoms with Gasteiger partial charge in [0, 0.05) is 19.5 Å². The molecule has 0 bridgehead atoms. The molecule has 1 saturated carbocycles. The number of rotatable bonds is 9. The number of aldehydes is 1. The zero-order chi connectivity index (χ0) is 14.8. The van der Waals surface area contributed by atoms with Crippen LogP contribution in [0.4, 0.5) is 0 Å². The molecule has 20 heavy (non-hydrogen) atoms. The van der Waals surface area contributed by atoms with E-state index < -0.39 is 6.23 Å². The number of aliphatic hydroxyl groups is 1. The molecule has 1 aliphatic carbocycles. The molecule has 1 rings (SSSR count). The summed E-state index contributed by atoms with van der Waals surface area (Å²) in [6, 6.07) is 0.293. The Morgan fingerprint density at radius 2 is 2.10 bits per heavy atom. The third-order valence-corrected chi connectivity index (χ3v) is 3.76. The lowest BCUT2D eigenvalue weighted by atomic mass is 9.83. The van der Waals surface area contributed by atoms with Gasteiger partial charge in [0.1, 0.15) is 19.1 Å². The first-order valence-corrected chi connectivity index (χ1v) is 7.31. The smallest absolute Gasteiger partial charge is 0.245 e. The predicted molar refractivity (Wildman–Crippen MR) is 75.1 cm³/mol. The summed E-state index contributed by atoms with van der Waals surface area (Å²) in [5.74, 6) is 0.438. The Labute approximate surface area is 120 Å². The van der Waals surface area contributed by atoms with Crippen molar-refractivity contribution in [2.75, 3.05) is 20.3 Å². The van der Waals surface area contributed by atoms with E-state index in [-0.39, 0.29) is 19.1 Å². The Kier molecular flexibility index (Phi) is 8.41. The highest BCUT2D eigenvalue weighted by Crippen LogP contribution is 2.27. The summed E-state index contributed by atoms with van der Waals surface area (Å²) in [7, 11) is 1.55. The molecule has 0 aromatic rings. The van der Waals surface area contributed by atoms with Crippen LogP contribution in [-0.4, -0.2) is 49.8 Å². The van der Waals surface area contributed by atoms with Crippen molar-refractivity contribution in [1.82, 2.24) is 10.6 Å². The van der Waals surface area contributed by atoms with Gasteiger partial charge in [-0.2, -0.15) is 0 Å². The second kappa shape index (κ2) is 9.85. The fourth-order valence-electron chi connectivity index (χ4n) is 2.58. The Balaban J connectivity index is 2.10. The van der Waals surface area contributed by atoms with E-state index in [1.165, 1.54) is 0 Å². The number of ether oxygens (including phenoxy) is 1. The van der Waals surface area contributed by atoms with E-state index in [2.05, 4.69) is 10.6 Å². The molecule has 6 heteroatoms. The monoisotopic (exact) mass is 286 g/mol. The summed E-state index contributed by atoms with van der Waals surface area (Å²) in [5, 5.41) is 15.3. The van der Waals surface area contributed by atoms with Crippen molar-refractivity contribution in [2.24, 2.45) is 5.92 Å². The van der Waals surface area contributed by atoms with Crippen LogP contribution >= 0.6 is 0 Å². The number of hydrogen-bond donors (Lipinski definition) is 3. The lowest BCUT2D eigenvalue weighted by Gasteiger charge is -2.30. The van der Waals surface area contributed by atoms with E-state index in [0.29, 0.717) is 18.4 Å². The third-order valence-electron chi connectivity index (χ3n) is 3.76. The van der Waals surface area contributed by atoms with E-state index in [9.17, 15) is 14.7 Å². The van der Waals surface area contributed by atoms with E-state index in [1.54, 1.807) is 7.05 Å². The Hall–Kier alpha value is -0.980. The second-order valence-electron chi connectivity index (χ2n) is 5.33. The standard InChI is InChI=1S/C14H26N2O4/c1-15-13(18)9-20-10-14(19)16-12-6-4-11(5-7-12)3-2-8-17/h8,11-12,14,16,19H,2-7,9-10H2,1H3,(H,15,18). The van der Waals surface area contributed by atoms with Gasteiger partial charge in [0.2, 0.25) is 5.91 Å². The number of nitrogens with one attached hydrogen (secondary N) is 2. The first kappa shape index (κ1) is 17.1. The Bertz CT molecular complexity index is 291. The van der Waals surface area contributed by atoms with Gasteiger partial charge < -0.3 is 20.0 Å². The molecule has 0 heterocycles. The molecule has 1 unspecified atom stereocenters. The SMILES string of the molecule is CNC(=O)COCC(O)NC1CCC(CCC=O)CC1. The van der Waals surface area contributed by atoms with Gasteiger partial charge in [-0.3, -0.25) is 10.1 Å². The van der Waals surface area contributed by atoms with E-state index in [1.807, 2.05) is 0 Å². The fraction of sp³-hybridized carbons (Fsp3) is 0.857. The molecule has 1 fully saturated rings. The predicted octanol–water partition coefficient (Wildman–Crippen LogP) is 0.195. The van der Waals surface area contributed by atoms with Crippen molar-refractivity contribution in [2.45, 2.75) is 50.8 Å². The molecule has 0 saturated heterocycles. The molecule has 6 nitrogen and oxygen atoms in total. The minimum absolute atomic E-state index is 0.0341. The summed E-state index contributed by atoms with van der Waals surface area (Å²) in [6.07, 6.45) is 6.09. The normalized spacial score (nSPS) is 24.1. The van der Waals surface area contributed by atoms with Crippen molar-refractivity contribution < 1.29 is 19.4 Å². The van der Waals surface area contributed by atoms with Crippen LogP contribution < -0.4 is 10.6 Å². The van der Waals surface area contributed by atoms with Gasteiger partial charge in [-0.15, -0.1) is 0 Å². The average molecular weight is 286 g/mol. The van der Waals surface area contributed by atoms with Crippen molar-refractivity contribution >= 4 is 12.2 Å². The summed E-state index contributed by atoms with van der Waals surface area (Å²) >= 11 is 0. The molecule has 0 aliphatic heterocycles. The first-order valence-electron chi connectivity index (χ1n) is 7.31. The van der Waals surface area contributed by atoms with Gasteiger partial charge in [0.15, 0.2) is 0 Å². The molecule has 3 N–H and O–H groups in total. The third kappa shape index (κ3) is 6.98. The molecule has 116 valence electrons. The maximum absolute atomic E-state index is 10.9. The molecule has 0 radical (unpaired) electrons. The Morgan fingerprint density at radius 3 is 2.70 bits per heavy atom. The minimum Gasteiger partial charge on any atom is -0.376 e. The van der Waals surface area contributed by atoms with E-state index >= 15 is 0 Å². The largest absolute Gasteiger partial charge is 0.376 e. The highest BCUT2D eigenvalue weighted by Gasteiger charge is 2.22. The van der Waals surface area contributed by atoms with Crippen LogP contribution in [0.25, 0.3) is 0 Å². The van der Waals surface area contributed by atoms with Gasteiger partial charge >= 0.3 is 0 Å². The van der Waals surface area contributed by atoms with Crippen molar-refractivity contribution in [1.29, 1.82) is 0 Å². The van der Waals surface area contributed by atoms with Crippen molar-refractivity contribution in [3.05, 3.63) is 0 Å². The molecular formula is C14H26N2O4. The maximum Gasteiger partial charge on any atom is 0.245 e. The molecule has 1 amide bonds. The molecule has 0 aromatic carbocycles. The lowest BCUT2D eigenvalue weighted by molar-refractivity contribution is -0.126. The zero-order valence-electron chi connectivity index (χ0n) is 12.1. The van der Waals surface area contributed by atoms with E-state index in [4.69, 9.17) is 4.74 Å². The first-order chi connectivity index (χ1) is 9.65. The second-order valence-corrected chi connectivity index (χ2v) is 5.33. The summed E-state index contributed by atoms with van der Waals surface area (Å²) in [5.41, 5.74) is 0. The van der Waals surface area contributed by atoms with Crippen LogP contribution in [0.1, 0.15) is 38.5 Å². The number of carbonyl (C=O) groups is 2. The quantitative estimate of drug-likeness (QED) is 0.416. The lowest BCUT2D eigenvalue weighted by Crippen LogP contribution is -2.43. The Morgan fingerprint density at radius 1 is 1.40 bits per heavy atom. The number of hydrogen-bond acceptors (Lipinski definition) is 5. The van der Waals surface area contributed by atoms with Gasteiger partial charge in [0.25, 0.3) is 0 Å². The number of amides is 1. The molecule has 0 aromatic heterocycles. The average Bonchev–Trinajstić information content (AvgIpc) is 2.46. The number of likely N-dealkylation sites (N-methyl/N-ethyl adjacent to an activating group) is 1. The number of carbonyl (C=O) groups excluding carboxylic acids is 2. The van der Waals surface area contributed by atoms with Gasteiger partial charge in [-0.1, -0.05) is 0 Å².